The summed E-state index contributed by atoms with van der Waals surface area (Å²) in [6.45, 7) is 0. The first kappa shape index (κ1) is 22.0. The predicted molar refractivity (Wildman–Crippen MR) is 159 cm³/mol. The topological polar surface area (TPSA) is 31.4 Å². The Kier molecular flexibility index (Phi) is 4.79. The van der Waals surface area contributed by atoms with Crippen LogP contribution < -0.4 is 20.1 Å². The Balaban J connectivity index is 1.32. The second-order valence-electron chi connectivity index (χ2n) is 9.86. The molecule has 4 aromatic carbocycles. The van der Waals surface area contributed by atoms with Gasteiger partial charge < -0.3 is 9.47 Å². The number of hydrogen-bond acceptors (Lipinski definition) is 4. The molecule has 0 saturated carbocycles. The fraction of sp³-hybridized carbons (Fsp3) is 0.0606. The predicted octanol–water partition coefficient (Wildman–Crippen LogP) is 6.84. The van der Waals surface area contributed by atoms with Crippen LogP contribution in [-0.4, -0.2) is 16.7 Å². The van der Waals surface area contributed by atoms with Crippen LogP contribution in [0.4, 0.5) is 0 Å². The van der Waals surface area contributed by atoms with Crippen LogP contribution in [0.5, 0.6) is 11.5 Å². The van der Waals surface area contributed by atoms with Gasteiger partial charge in [0.15, 0.2) is 0 Å². The Labute approximate surface area is 226 Å². The van der Waals surface area contributed by atoms with Gasteiger partial charge in [-0.05, 0) is 59.7 Å². The van der Waals surface area contributed by atoms with E-state index >= 15 is 0 Å². The quantitative estimate of drug-likeness (QED) is 0.236. The molecule has 182 valence electrons. The zero-order chi connectivity index (χ0) is 25.3. The largest absolute Gasteiger partial charge is 0.484 e. The highest BCUT2D eigenvalue weighted by atomic mass is 32.4. The van der Waals surface area contributed by atoms with Gasteiger partial charge in [0, 0.05) is 39.4 Å². The second-order valence-corrected chi connectivity index (χ2v) is 14.4. The van der Waals surface area contributed by atoms with Gasteiger partial charge in [0.05, 0.1) is 11.2 Å². The van der Waals surface area contributed by atoms with Crippen LogP contribution in [0, 0.1) is 0 Å². The van der Waals surface area contributed by atoms with Crippen LogP contribution >= 0.6 is 6.04 Å². The number of para-hydroxylation sites is 3. The molecule has 5 aromatic rings. The molecule has 1 aromatic heterocycles. The van der Waals surface area contributed by atoms with Crippen molar-refractivity contribution in [2.45, 2.75) is 11.8 Å². The van der Waals surface area contributed by atoms with Gasteiger partial charge in [-0.15, -0.1) is 0 Å². The van der Waals surface area contributed by atoms with E-state index in [-0.39, 0.29) is 11.8 Å². The molecule has 2 aliphatic heterocycles. The number of hydrogen-bond donors (Lipinski definition) is 0. The van der Waals surface area contributed by atoms with Crippen LogP contribution in [0.3, 0.4) is 0 Å². The average molecular weight is 528 g/mol. The summed E-state index contributed by atoms with van der Waals surface area (Å²) in [5.41, 5.74) is 5.31. The first-order chi connectivity index (χ1) is 18.7. The molecule has 5 heteroatoms. The van der Waals surface area contributed by atoms with Gasteiger partial charge in [-0.3, -0.25) is 4.98 Å². The van der Waals surface area contributed by atoms with Gasteiger partial charge in [-0.25, -0.2) is 0 Å². The normalized spacial score (nSPS) is 22.6. The summed E-state index contributed by atoms with van der Waals surface area (Å²) in [4.78, 5) is 4.68. The molecule has 3 atom stereocenters. The van der Waals surface area contributed by atoms with Crippen molar-refractivity contribution in [3.05, 3.63) is 133 Å². The number of allylic oxidation sites excluding steroid dienone is 2. The minimum absolute atomic E-state index is 0.0479. The molecule has 0 N–H and O–H groups in total. The molecule has 1 aliphatic carbocycles. The maximum Gasteiger partial charge on any atom is 0.135 e. The lowest BCUT2D eigenvalue weighted by Crippen LogP contribution is -2.48. The molecule has 3 unspecified atom stereocenters. The van der Waals surface area contributed by atoms with E-state index in [0.717, 1.165) is 61.0 Å². The third-order valence-electron chi connectivity index (χ3n) is 7.72. The molecule has 3 aliphatic rings. The lowest BCUT2D eigenvalue weighted by molar-refractivity contribution is 0.228. The molecule has 0 spiro atoms. The first-order valence-corrected chi connectivity index (χ1v) is 15.6. The van der Waals surface area contributed by atoms with Crippen LogP contribution in [0.1, 0.15) is 5.56 Å². The summed E-state index contributed by atoms with van der Waals surface area (Å²) in [6.07, 6.45) is 6.11. The van der Waals surface area contributed by atoms with Crippen molar-refractivity contribution < 1.29 is 9.47 Å². The smallest absolute Gasteiger partial charge is 0.135 e. The van der Waals surface area contributed by atoms with E-state index < -0.39 is 6.04 Å². The van der Waals surface area contributed by atoms with Crippen molar-refractivity contribution in [1.29, 1.82) is 0 Å². The van der Waals surface area contributed by atoms with E-state index in [1.807, 2.05) is 48.7 Å². The lowest BCUT2D eigenvalue weighted by Gasteiger charge is -2.47. The maximum atomic E-state index is 6.72. The SMILES string of the molecule is S=P12c3ccccc3OC3=C(c4cccc(-c5cnc6ccccc6c5)c4)C=CC(Oc4ccccc41)C32. The summed E-state index contributed by atoms with van der Waals surface area (Å²) in [6, 6.07) is 33.3. The fourth-order valence-electron chi connectivity index (χ4n) is 5.96. The molecule has 3 nitrogen and oxygen atoms in total. The summed E-state index contributed by atoms with van der Waals surface area (Å²) >= 11 is 6.72. The van der Waals surface area contributed by atoms with Crippen LogP contribution in [0.2, 0.25) is 0 Å². The van der Waals surface area contributed by atoms with Gasteiger partial charge in [0.1, 0.15) is 23.4 Å². The fourth-order valence-corrected chi connectivity index (χ4v) is 11.0. The maximum absolute atomic E-state index is 6.72. The van der Waals surface area contributed by atoms with Crippen molar-refractivity contribution in [2.75, 3.05) is 0 Å². The van der Waals surface area contributed by atoms with Crippen molar-refractivity contribution >= 4 is 44.9 Å². The molecular weight excluding hydrogens is 505 g/mol. The monoisotopic (exact) mass is 527 g/mol. The second kappa shape index (κ2) is 8.26. The number of benzene rings is 4. The third kappa shape index (κ3) is 3.14. The van der Waals surface area contributed by atoms with E-state index in [0.29, 0.717) is 0 Å². The number of nitrogens with zero attached hydrogens (tertiary/aromatic N) is 1. The van der Waals surface area contributed by atoms with E-state index in [9.17, 15) is 0 Å². The molecule has 0 bridgehead atoms. The number of aromatic nitrogens is 1. The highest BCUT2D eigenvalue weighted by molar-refractivity contribution is 8.22. The summed E-state index contributed by atoms with van der Waals surface area (Å²) < 4.78 is 13.2. The van der Waals surface area contributed by atoms with Gasteiger partial charge in [0.25, 0.3) is 0 Å². The molecule has 38 heavy (non-hydrogen) atoms. The third-order valence-corrected chi connectivity index (χ3v) is 13.1. The Morgan fingerprint density at radius 3 is 2.34 bits per heavy atom. The Morgan fingerprint density at radius 1 is 0.711 bits per heavy atom. The molecule has 0 saturated heterocycles. The van der Waals surface area contributed by atoms with E-state index in [1.54, 1.807) is 0 Å². The summed E-state index contributed by atoms with van der Waals surface area (Å²) in [7, 11) is 0. The Morgan fingerprint density at radius 2 is 1.45 bits per heavy atom. The molecule has 3 heterocycles. The number of ether oxygens (including phenoxy) is 2. The highest BCUT2D eigenvalue weighted by Crippen LogP contribution is 2.63. The Hall–Kier alpha value is -3.98. The van der Waals surface area contributed by atoms with Gasteiger partial charge >= 0.3 is 0 Å². The molecule has 0 radical (unpaired) electrons. The minimum atomic E-state index is -2.27. The van der Waals surface area contributed by atoms with Crippen LogP contribution in [0.25, 0.3) is 27.6 Å². The Bertz CT molecular complexity index is 1890. The van der Waals surface area contributed by atoms with E-state index in [2.05, 4.69) is 77.8 Å². The standard InChI is InChI=1S/C33H22NO2PS/c38-37-30-14-5-3-12-27(30)35-29-17-16-25(32(33(29)37)36-28-13-4-6-15-31(28)37)22-10-7-9-21(18-22)24-19-23-8-1-2-11-26(23)34-20-24/h1-20,29,33H. The van der Waals surface area contributed by atoms with Crippen molar-refractivity contribution in [1.82, 2.24) is 4.98 Å². The first-order valence-electron chi connectivity index (χ1n) is 12.7. The highest BCUT2D eigenvalue weighted by Gasteiger charge is 2.52. The zero-order valence-electron chi connectivity index (χ0n) is 20.3. The lowest BCUT2D eigenvalue weighted by atomic mass is 9.93. The van der Waals surface area contributed by atoms with Crippen molar-refractivity contribution in [3.63, 3.8) is 0 Å². The average Bonchev–Trinajstić information content (AvgIpc) is 2.97. The molecule has 8 rings (SSSR count). The number of rotatable bonds is 2. The summed E-state index contributed by atoms with van der Waals surface area (Å²) in [5.74, 6) is 2.68. The van der Waals surface area contributed by atoms with Gasteiger partial charge in [-0.2, -0.15) is 0 Å². The minimum Gasteiger partial charge on any atom is -0.484 e. The van der Waals surface area contributed by atoms with Gasteiger partial charge in [-0.1, -0.05) is 78.5 Å². The number of pyridine rings is 1. The van der Waals surface area contributed by atoms with E-state index in [4.69, 9.17) is 21.3 Å². The van der Waals surface area contributed by atoms with Crippen LogP contribution in [-0.2, 0) is 11.8 Å². The van der Waals surface area contributed by atoms with E-state index in [1.165, 1.54) is 0 Å². The summed E-state index contributed by atoms with van der Waals surface area (Å²) in [5, 5.41) is 3.40. The number of fused-ring (bicyclic) bond motifs is 5. The van der Waals surface area contributed by atoms with Crippen molar-refractivity contribution in [3.8, 4) is 22.6 Å². The molecule has 0 fully saturated rings. The van der Waals surface area contributed by atoms with Crippen molar-refractivity contribution in [2.24, 2.45) is 0 Å². The molecular formula is C33H22NO2PS. The molecule has 0 amide bonds. The van der Waals surface area contributed by atoms with Gasteiger partial charge in [0.2, 0.25) is 0 Å². The zero-order valence-corrected chi connectivity index (χ0v) is 22.0. The van der Waals surface area contributed by atoms with Crippen LogP contribution in [0.15, 0.2) is 127 Å².